The minimum atomic E-state index is -0.757. The molecule has 0 unspecified atom stereocenters. The highest BCUT2D eigenvalue weighted by atomic mass is 19.1. The Morgan fingerprint density at radius 1 is 1.00 bits per heavy atom. The summed E-state index contributed by atoms with van der Waals surface area (Å²) >= 11 is 0. The van der Waals surface area contributed by atoms with Crippen molar-refractivity contribution in [3.8, 4) is 16.9 Å². The van der Waals surface area contributed by atoms with Gasteiger partial charge >= 0.3 is 5.69 Å². The molecule has 0 aliphatic carbocycles. The first-order valence-electron chi connectivity index (χ1n) is 14.4. The fraction of sp³-hybridized carbons (Fsp3) is 0.375. The van der Waals surface area contributed by atoms with Gasteiger partial charge < -0.3 is 9.80 Å². The number of nitrogens with zero attached hydrogens (tertiary/aromatic N) is 7. The number of pyridine rings is 1. The van der Waals surface area contributed by atoms with Crippen molar-refractivity contribution in [1.82, 2.24) is 29.4 Å². The molecule has 0 spiro atoms. The van der Waals surface area contributed by atoms with Crippen LogP contribution in [0.4, 0.5) is 14.6 Å². The predicted molar refractivity (Wildman–Crippen MR) is 163 cm³/mol. The third-order valence-electron chi connectivity index (χ3n) is 7.68. The minimum absolute atomic E-state index is 0.0301. The summed E-state index contributed by atoms with van der Waals surface area (Å²) in [5.41, 5.74) is 0.901. The molecule has 4 heterocycles. The van der Waals surface area contributed by atoms with Gasteiger partial charge in [-0.25, -0.2) is 33.1 Å². The highest BCUT2D eigenvalue weighted by Crippen LogP contribution is 2.35. The molecule has 1 aromatic carbocycles. The van der Waals surface area contributed by atoms with Crippen molar-refractivity contribution in [2.24, 2.45) is 0 Å². The molecule has 0 N–H and O–H groups in total. The summed E-state index contributed by atoms with van der Waals surface area (Å²) in [6.45, 7) is 16.2. The molecule has 0 bridgehead atoms. The number of rotatable bonds is 6. The Balaban J connectivity index is 1.86. The molecule has 3 aromatic heterocycles. The molecule has 1 amide bonds. The third kappa shape index (κ3) is 5.39. The molecule has 1 aliphatic heterocycles. The quantitative estimate of drug-likeness (QED) is 0.283. The van der Waals surface area contributed by atoms with E-state index >= 15 is 4.39 Å². The van der Waals surface area contributed by atoms with Gasteiger partial charge in [-0.05, 0) is 50.0 Å². The van der Waals surface area contributed by atoms with Crippen LogP contribution in [0.1, 0.15) is 63.7 Å². The molecular formula is C32H35F2N7O2. The maximum absolute atomic E-state index is 15.9. The Morgan fingerprint density at radius 2 is 1.65 bits per heavy atom. The second-order valence-electron chi connectivity index (χ2n) is 11.5. The molecule has 1 atom stereocenters. The number of anilines is 1. The van der Waals surface area contributed by atoms with E-state index in [1.807, 2.05) is 39.5 Å². The first-order chi connectivity index (χ1) is 20.4. The Morgan fingerprint density at radius 3 is 2.23 bits per heavy atom. The van der Waals surface area contributed by atoms with Crippen LogP contribution >= 0.6 is 0 Å². The molecule has 11 heteroatoms. The maximum atomic E-state index is 15.9. The summed E-state index contributed by atoms with van der Waals surface area (Å²) in [5.74, 6) is -0.986. The van der Waals surface area contributed by atoms with Gasteiger partial charge in [-0.15, -0.1) is 0 Å². The minimum Gasteiger partial charge on any atom is -0.350 e. The Kier molecular flexibility index (Phi) is 8.09. The van der Waals surface area contributed by atoms with Crippen LogP contribution in [0.5, 0.6) is 0 Å². The predicted octanol–water partition coefficient (Wildman–Crippen LogP) is 5.29. The topological polar surface area (TPSA) is 97.1 Å². The number of benzene rings is 1. The smallest absolute Gasteiger partial charge is 0.350 e. The van der Waals surface area contributed by atoms with Crippen LogP contribution in [-0.4, -0.2) is 61.0 Å². The third-order valence-corrected chi connectivity index (χ3v) is 7.68. The van der Waals surface area contributed by atoms with Gasteiger partial charge in [0, 0.05) is 31.2 Å². The lowest BCUT2D eigenvalue weighted by Gasteiger charge is -2.40. The zero-order chi connectivity index (χ0) is 31.2. The van der Waals surface area contributed by atoms with Crippen LogP contribution in [-0.2, 0) is 4.79 Å². The number of amides is 1. The summed E-state index contributed by atoms with van der Waals surface area (Å²) in [5, 5.41) is 0.275. The number of piperazine rings is 1. The van der Waals surface area contributed by atoms with E-state index in [-0.39, 0.29) is 51.9 Å². The summed E-state index contributed by atoms with van der Waals surface area (Å²) in [6.07, 6.45) is 1.27. The highest BCUT2D eigenvalue weighted by molar-refractivity contribution is 5.91. The molecule has 1 aliphatic rings. The summed E-state index contributed by atoms with van der Waals surface area (Å²) in [4.78, 5) is 48.5. The maximum Gasteiger partial charge on any atom is 0.355 e. The largest absolute Gasteiger partial charge is 0.355 e. The van der Waals surface area contributed by atoms with Crippen LogP contribution in [0.3, 0.4) is 0 Å². The molecule has 9 nitrogen and oxygen atoms in total. The van der Waals surface area contributed by atoms with Crippen LogP contribution < -0.4 is 10.6 Å². The molecule has 224 valence electrons. The van der Waals surface area contributed by atoms with E-state index < -0.39 is 17.3 Å². The lowest BCUT2D eigenvalue weighted by atomic mass is 10.0. The van der Waals surface area contributed by atoms with E-state index in [1.165, 1.54) is 34.9 Å². The van der Waals surface area contributed by atoms with Crippen LogP contribution in [0.25, 0.3) is 28.0 Å². The number of halogens is 2. The fourth-order valence-corrected chi connectivity index (χ4v) is 5.61. The standard InChI is InChI=1S/C32H35F2N7O2/c1-8-25(42)39-13-14-40(19(6)16-39)30-22-15-24(34)28(21-11-9-10-12-23(21)33)37-31(22)41(32(43)38-30)29-26(17(2)3)35-20(7)36-27(29)18(4)5/h8-12,15,17-19H,1,13-14,16H2,2-7H3/t19-/m0/s1. The van der Waals surface area contributed by atoms with E-state index in [9.17, 15) is 14.0 Å². The normalized spacial score (nSPS) is 15.5. The van der Waals surface area contributed by atoms with Crippen LogP contribution in [0.2, 0.25) is 0 Å². The summed E-state index contributed by atoms with van der Waals surface area (Å²) < 4.78 is 32.2. The molecule has 1 saturated heterocycles. The molecule has 4 aromatic rings. The number of carbonyl (C=O) groups is 1. The van der Waals surface area contributed by atoms with Gasteiger partial charge in [-0.2, -0.15) is 4.98 Å². The van der Waals surface area contributed by atoms with Gasteiger partial charge in [0.05, 0.1) is 22.5 Å². The summed E-state index contributed by atoms with van der Waals surface area (Å²) in [6, 6.07) is 6.80. The van der Waals surface area contributed by atoms with Gasteiger partial charge in [-0.3, -0.25) is 4.79 Å². The average molecular weight is 588 g/mol. The number of carbonyl (C=O) groups excluding carboxylic acids is 1. The van der Waals surface area contributed by atoms with E-state index in [0.717, 1.165) is 0 Å². The number of hydrogen-bond acceptors (Lipinski definition) is 7. The van der Waals surface area contributed by atoms with Crippen molar-refractivity contribution < 1.29 is 13.6 Å². The van der Waals surface area contributed by atoms with Gasteiger partial charge in [0.2, 0.25) is 5.91 Å². The van der Waals surface area contributed by atoms with Crippen molar-refractivity contribution in [3.05, 3.63) is 82.3 Å². The van der Waals surface area contributed by atoms with Crippen LogP contribution in [0.15, 0.2) is 47.8 Å². The van der Waals surface area contributed by atoms with E-state index in [2.05, 4.69) is 16.5 Å². The molecular weight excluding hydrogens is 552 g/mol. The van der Waals surface area contributed by atoms with Gasteiger partial charge in [-0.1, -0.05) is 46.4 Å². The first kappa shape index (κ1) is 29.9. The number of fused-ring (bicyclic) bond motifs is 1. The second kappa shape index (κ2) is 11.6. The zero-order valence-corrected chi connectivity index (χ0v) is 25.2. The highest BCUT2D eigenvalue weighted by Gasteiger charge is 2.31. The van der Waals surface area contributed by atoms with Crippen molar-refractivity contribution in [3.63, 3.8) is 0 Å². The van der Waals surface area contributed by atoms with Crippen molar-refractivity contribution >= 4 is 22.8 Å². The molecule has 5 rings (SSSR count). The van der Waals surface area contributed by atoms with E-state index in [4.69, 9.17) is 9.97 Å². The number of hydrogen-bond donors (Lipinski definition) is 0. The molecule has 1 fully saturated rings. The van der Waals surface area contributed by atoms with E-state index in [0.29, 0.717) is 42.5 Å². The Hall–Kier alpha value is -4.54. The first-order valence-corrected chi connectivity index (χ1v) is 14.4. The zero-order valence-electron chi connectivity index (χ0n) is 25.2. The lowest BCUT2D eigenvalue weighted by molar-refractivity contribution is -0.126. The second-order valence-corrected chi connectivity index (χ2v) is 11.5. The van der Waals surface area contributed by atoms with Gasteiger partial charge in [0.1, 0.15) is 29.0 Å². The van der Waals surface area contributed by atoms with Crippen molar-refractivity contribution in [2.45, 2.75) is 59.4 Å². The molecule has 0 saturated carbocycles. The van der Waals surface area contributed by atoms with Crippen molar-refractivity contribution in [1.29, 1.82) is 0 Å². The number of aryl methyl sites for hydroxylation is 1. The fourth-order valence-electron chi connectivity index (χ4n) is 5.61. The Labute approximate surface area is 248 Å². The van der Waals surface area contributed by atoms with Crippen LogP contribution in [0, 0.1) is 18.6 Å². The lowest BCUT2D eigenvalue weighted by Crippen LogP contribution is -2.54. The Bertz CT molecular complexity index is 1770. The van der Waals surface area contributed by atoms with Crippen molar-refractivity contribution in [2.75, 3.05) is 24.5 Å². The van der Waals surface area contributed by atoms with E-state index in [1.54, 1.807) is 17.9 Å². The SMILES string of the molecule is C=CC(=O)N1CCN(c2nc(=O)n(-c3c(C(C)C)nc(C)nc3C(C)C)c3nc(-c4ccccc4F)c(F)cc23)[C@@H](C)C1. The molecule has 43 heavy (non-hydrogen) atoms. The monoisotopic (exact) mass is 587 g/mol. The summed E-state index contributed by atoms with van der Waals surface area (Å²) in [7, 11) is 0. The number of aromatic nitrogens is 5. The average Bonchev–Trinajstić information content (AvgIpc) is 2.96. The van der Waals surface area contributed by atoms with Gasteiger partial charge in [0.15, 0.2) is 5.65 Å². The molecule has 0 radical (unpaired) electrons. The van der Waals surface area contributed by atoms with Gasteiger partial charge in [0.25, 0.3) is 0 Å².